The van der Waals surface area contributed by atoms with Crippen molar-refractivity contribution in [2.75, 3.05) is 0 Å². The Hall–Kier alpha value is -1.62. The average molecular weight is 282 g/mol. The Morgan fingerprint density at radius 1 is 1.38 bits per heavy atom. The van der Waals surface area contributed by atoms with Crippen LogP contribution in [-0.2, 0) is 0 Å². The molecule has 0 radical (unpaired) electrons. The number of aromatic nitrogens is 1. The van der Waals surface area contributed by atoms with Crippen LogP contribution in [0.15, 0.2) is 27.5 Å². The predicted molar refractivity (Wildman–Crippen MR) is 64.0 cm³/mol. The lowest BCUT2D eigenvalue weighted by atomic mass is 10.1. The number of fused-ring (bicyclic) bond motifs is 1. The highest BCUT2D eigenvalue weighted by Crippen LogP contribution is 2.21. The van der Waals surface area contributed by atoms with Crippen LogP contribution < -0.4 is 5.56 Å². The van der Waals surface area contributed by atoms with Gasteiger partial charge >= 0.3 is 5.97 Å². The Morgan fingerprint density at radius 3 is 2.69 bits per heavy atom. The average Bonchev–Trinajstić information content (AvgIpc) is 2.18. The van der Waals surface area contributed by atoms with E-state index in [1.807, 2.05) is 13.0 Å². The molecule has 5 heteroatoms. The van der Waals surface area contributed by atoms with Crippen LogP contribution >= 0.6 is 15.9 Å². The molecule has 0 aliphatic heterocycles. The van der Waals surface area contributed by atoms with Gasteiger partial charge in [-0.25, -0.2) is 4.79 Å². The number of hydrogen-bond donors (Lipinski definition) is 2. The van der Waals surface area contributed by atoms with Gasteiger partial charge in [-0.05, 0) is 30.7 Å². The highest BCUT2D eigenvalue weighted by molar-refractivity contribution is 9.10. The summed E-state index contributed by atoms with van der Waals surface area (Å²) < 4.78 is 0.848. The number of rotatable bonds is 1. The molecule has 0 spiro atoms. The Labute approximate surface area is 99.0 Å². The van der Waals surface area contributed by atoms with Crippen LogP contribution in [0, 0.1) is 6.92 Å². The van der Waals surface area contributed by atoms with Crippen molar-refractivity contribution in [3.63, 3.8) is 0 Å². The molecule has 16 heavy (non-hydrogen) atoms. The number of halogens is 1. The monoisotopic (exact) mass is 281 g/mol. The van der Waals surface area contributed by atoms with Crippen molar-refractivity contribution in [1.29, 1.82) is 0 Å². The van der Waals surface area contributed by atoms with Crippen LogP contribution in [-0.4, -0.2) is 16.1 Å². The molecule has 1 aromatic carbocycles. The van der Waals surface area contributed by atoms with Crippen LogP contribution in [0.1, 0.15) is 15.9 Å². The fourth-order valence-corrected chi connectivity index (χ4v) is 2.20. The Morgan fingerprint density at radius 2 is 2.06 bits per heavy atom. The van der Waals surface area contributed by atoms with Crippen molar-refractivity contribution in [2.24, 2.45) is 0 Å². The molecule has 0 bridgehead atoms. The fraction of sp³-hybridized carbons (Fsp3) is 0.0909. The number of H-pyrrole nitrogens is 1. The van der Waals surface area contributed by atoms with Gasteiger partial charge in [-0.3, -0.25) is 4.79 Å². The molecule has 0 saturated heterocycles. The summed E-state index contributed by atoms with van der Waals surface area (Å²) in [5, 5.41) is 9.53. The summed E-state index contributed by atoms with van der Waals surface area (Å²) in [6.07, 6.45) is 0. The first-order chi connectivity index (χ1) is 7.49. The molecule has 0 saturated carbocycles. The van der Waals surface area contributed by atoms with Gasteiger partial charge in [0.05, 0.1) is 5.52 Å². The van der Waals surface area contributed by atoms with Gasteiger partial charge in [-0.1, -0.05) is 15.9 Å². The van der Waals surface area contributed by atoms with E-state index in [0.29, 0.717) is 10.9 Å². The Bertz CT molecular complexity index is 645. The number of aromatic carboxylic acids is 1. The van der Waals surface area contributed by atoms with Gasteiger partial charge in [0.2, 0.25) is 0 Å². The van der Waals surface area contributed by atoms with E-state index in [1.165, 1.54) is 6.07 Å². The van der Waals surface area contributed by atoms with Crippen molar-refractivity contribution in [2.45, 2.75) is 6.92 Å². The predicted octanol–water partition coefficient (Wildman–Crippen LogP) is 2.30. The number of aryl methyl sites for hydroxylation is 1. The highest BCUT2D eigenvalue weighted by atomic mass is 79.9. The van der Waals surface area contributed by atoms with E-state index in [0.717, 1.165) is 10.0 Å². The van der Waals surface area contributed by atoms with E-state index in [4.69, 9.17) is 5.11 Å². The molecule has 0 unspecified atom stereocenters. The maximum absolute atomic E-state index is 11.5. The lowest BCUT2D eigenvalue weighted by Crippen LogP contribution is -2.17. The second kappa shape index (κ2) is 3.75. The van der Waals surface area contributed by atoms with Crippen molar-refractivity contribution in [3.8, 4) is 0 Å². The third kappa shape index (κ3) is 1.74. The maximum atomic E-state index is 11.5. The van der Waals surface area contributed by atoms with Crippen molar-refractivity contribution in [1.82, 2.24) is 4.98 Å². The van der Waals surface area contributed by atoms with Gasteiger partial charge < -0.3 is 10.1 Å². The first-order valence-electron chi connectivity index (χ1n) is 4.55. The summed E-state index contributed by atoms with van der Waals surface area (Å²) >= 11 is 3.32. The number of nitrogens with one attached hydrogen (secondary N) is 1. The molecule has 0 amide bonds. The van der Waals surface area contributed by atoms with Gasteiger partial charge in [-0.15, -0.1) is 0 Å². The van der Waals surface area contributed by atoms with E-state index < -0.39 is 11.5 Å². The van der Waals surface area contributed by atoms with Crippen molar-refractivity contribution in [3.05, 3.63) is 44.2 Å². The summed E-state index contributed by atoms with van der Waals surface area (Å²) in [7, 11) is 0. The number of carboxylic acids is 1. The van der Waals surface area contributed by atoms with Gasteiger partial charge in [-0.2, -0.15) is 0 Å². The number of carboxylic acid groups (broad SMARTS) is 1. The van der Waals surface area contributed by atoms with Crippen LogP contribution in [0.5, 0.6) is 0 Å². The van der Waals surface area contributed by atoms with E-state index in [2.05, 4.69) is 20.9 Å². The minimum atomic E-state index is -1.22. The molecule has 1 aromatic heterocycles. The van der Waals surface area contributed by atoms with Crippen LogP contribution in [0.4, 0.5) is 0 Å². The molecule has 0 fully saturated rings. The lowest BCUT2D eigenvalue weighted by molar-refractivity contribution is 0.0695. The quantitative estimate of drug-likeness (QED) is 0.843. The van der Waals surface area contributed by atoms with Gasteiger partial charge in [0.25, 0.3) is 5.56 Å². The normalized spacial score (nSPS) is 10.6. The SMILES string of the molecule is Cc1cc(Br)cc2cc(C(=O)O)c(=O)[nH]c12. The molecule has 82 valence electrons. The van der Waals surface area contributed by atoms with Gasteiger partial charge in [0.1, 0.15) is 5.56 Å². The number of pyridine rings is 1. The summed E-state index contributed by atoms with van der Waals surface area (Å²) in [4.78, 5) is 24.8. The Balaban J connectivity index is 2.90. The van der Waals surface area contributed by atoms with E-state index in [9.17, 15) is 9.59 Å². The first kappa shape index (κ1) is 10.9. The third-order valence-electron chi connectivity index (χ3n) is 2.34. The molecule has 1 heterocycles. The Kier molecular flexibility index (Phi) is 2.55. The molecule has 0 aliphatic rings. The number of carbonyl (C=O) groups is 1. The number of benzene rings is 1. The second-order valence-electron chi connectivity index (χ2n) is 3.50. The highest BCUT2D eigenvalue weighted by Gasteiger charge is 2.11. The molecule has 2 aromatic rings. The number of hydrogen-bond acceptors (Lipinski definition) is 2. The molecule has 2 rings (SSSR count). The zero-order valence-electron chi connectivity index (χ0n) is 8.37. The molecular weight excluding hydrogens is 274 g/mol. The molecule has 0 atom stereocenters. The lowest BCUT2D eigenvalue weighted by Gasteiger charge is -2.04. The van der Waals surface area contributed by atoms with Crippen molar-refractivity contribution >= 4 is 32.8 Å². The van der Waals surface area contributed by atoms with E-state index >= 15 is 0 Å². The number of aromatic amines is 1. The van der Waals surface area contributed by atoms with Gasteiger partial charge in [0, 0.05) is 9.86 Å². The zero-order valence-corrected chi connectivity index (χ0v) is 9.96. The van der Waals surface area contributed by atoms with Crippen molar-refractivity contribution < 1.29 is 9.90 Å². The van der Waals surface area contributed by atoms with E-state index in [-0.39, 0.29) is 5.56 Å². The molecule has 2 N–H and O–H groups in total. The zero-order chi connectivity index (χ0) is 11.9. The fourth-order valence-electron chi connectivity index (χ4n) is 1.61. The summed E-state index contributed by atoms with van der Waals surface area (Å²) in [5.41, 5.74) is 0.729. The minimum absolute atomic E-state index is 0.245. The summed E-state index contributed by atoms with van der Waals surface area (Å²) in [5.74, 6) is -1.22. The molecular formula is C11H8BrNO3. The third-order valence-corrected chi connectivity index (χ3v) is 2.80. The standard InChI is InChI=1S/C11H8BrNO3/c1-5-2-7(12)3-6-4-8(11(15)16)10(14)13-9(5)6/h2-4H,1H3,(H,13,14)(H,15,16). The van der Waals surface area contributed by atoms with Crippen LogP contribution in [0.3, 0.4) is 0 Å². The smallest absolute Gasteiger partial charge is 0.341 e. The van der Waals surface area contributed by atoms with Gasteiger partial charge in [0.15, 0.2) is 0 Å². The minimum Gasteiger partial charge on any atom is -0.477 e. The van der Waals surface area contributed by atoms with E-state index in [1.54, 1.807) is 6.07 Å². The van der Waals surface area contributed by atoms with Crippen LogP contribution in [0.2, 0.25) is 0 Å². The largest absolute Gasteiger partial charge is 0.477 e. The maximum Gasteiger partial charge on any atom is 0.341 e. The topological polar surface area (TPSA) is 70.2 Å². The molecule has 4 nitrogen and oxygen atoms in total. The van der Waals surface area contributed by atoms with Crippen LogP contribution in [0.25, 0.3) is 10.9 Å². The second-order valence-corrected chi connectivity index (χ2v) is 4.42. The summed E-state index contributed by atoms with van der Waals surface area (Å²) in [6, 6.07) is 5.01. The summed E-state index contributed by atoms with van der Waals surface area (Å²) in [6.45, 7) is 1.85. The first-order valence-corrected chi connectivity index (χ1v) is 5.35. The molecule has 0 aliphatic carbocycles.